The molecule has 0 bridgehead atoms. The van der Waals surface area contributed by atoms with E-state index in [1.54, 1.807) is 36.8 Å². The van der Waals surface area contributed by atoms with Crippen molar-refractivity contribution < 1.29 is 19.0 Å². The van der Waals surface area contributed by atoms with Crippen LogP contribution in [-0.4, -0.2) is 55.2 Å². The number of pyridine rings is 2. The lowest BCUT2D eigenvalue weighted by molar-refractivity contribution is 0.132. The molecule has 0 saturated carbocycles. The maximum absolute atomic E-state index is 15.0. The monoisotopic (exact) mass is 579 g/mol. The Hall–Kier alpha value is -5.32. The molecule has 1 unspecified atom stereocenters. The number of piperidine rings is 1. The number of aromatic nitrogens is 4. The van der Waals surface area contributed by atoms with E-state index in [1.807, 2.05) is 43.3 Å². The number of carboxylic acid groups (broad SMARTS) is 1. The lowest BCUT2D eigenvalue weighted by Crippen LogP contribution is -2.44. The number of benzene rings is 2. The minimum atomic E-state index is -0.930. The number of anilines is 2. The number of hydrogen-bond acceptors (Lipinski definition) is 8. The van der Waals surface area contributed by atoms with Crippen LogP contribution in [0.5, 0.6) is 11.6 Å². The smallest absolute Gasteiger partial charge is 0.407 e. The molecular weight excluding hydrogens is 549 g/mol. The Kier molecular flexibility index (Phi) is 7.94. The standard InChI is InChI=1S/C32H30FN7O3/c1-20-9-10-23-24(11-12-26(33)28(23)37-18-21-6-2-3-14-34-21)29(20)43-30-25(8-4-15-35-30)27-13-16-36-31(39-27)38-22-7-5-17-40(19-22)32(41)42/h2-4,6,8-16,22,37H,5,7,17-19H2,1H3,(H,41,42)(H,36,38,39). The van der Waals surface area contributed by atoms with Crippen LogP contribution in [0.4, 0.5) is 20.8 Å². The van der Waals surface area contributed by atoms with E-state index >= 15 is 4.39 Å². The fourth-order valence-corrected chi connectivity index (χ4v) is 5.25. The van der Waals surface area contributed by atoms with E-state index in [-0.39, 0.29) is 11.9 Å². The van der Waals surface area contributed by atoms with Gasteiger partial charge in [-0.15, -0.1) is 0 Å². The average Bonchev–Trinajstić information content (AvgIpc) is 3.03. The fraction of sp³-hybridized carbons (Fsp3) is 0.219. The number of amides is 1. The zero-order valence-electron chi connectivity index (χ0n) is 23.5. The van der Waals surface area contributed by atoms with Crippen LogP contribution in [0.2, 0.25) is 0 Å². The van der Waals surface area contributed by atoms with Crippen LogP contribution in [0.15, 0.2) is 79.3 Å². The predicted octanol–water partition coefficient (Wildman–Crippen LogP) is 6.49. The molecule has 1 saturated heterocycles. The quantitative estimate of drug-likeness (QED) is 0.189. The van der Waals surface area contributed by atoms with Crippen LogP contribution in [0.1, 0.15) is 24.1 Å². The van der Waals surface area contributed by atoms with E-state index in [9.17, 15) is 9.90 Å². The van der Waals surface area contributed by atoms with Crippen molar-refractivity contribution in [3.05, 3.63) is 96.3 Å². The van der Waals surface area contributed by atoms with Crippen LogP contribution in [0.25, 0.3) is 22.0 Å². The van der Waals surface area contributed by atoms with Gasteiger partial charge in [-0.1, -0.05) is 18.2 Å². The Bertz CT molecular complexity index is 1770. The summed E-state index contributed by atoms with van der Waals surface area (Å²) in [5.41, 5.74) is 3.26. The molecule has 0 aliphatic carbocycles. The molecule has 4 heterocycles. The number of likely N-dealkylation sites (tertiary alicyclic amines) is 1. The van der Waals surface area contributed by atoms with Gasteiger partial charge >= 0.3 is 6.09 Å². The summed E-state index contributed by atoms with van der Waals surface area (Å²) >= 11 is 0. The normalized spacial score (nSPS) is 14.8. The highest BCUT2D eigenvalue weighted by molar-refractivity contribution is 5.99. The van der Waals surface area contributed by atoms with Gasteiger partial charge in [0.05, 0.1) is 29.2 Å². The summed E-state index contributed by atoms with van der Waals surface area (Å²) in [4.78, 5) is 30.7. The van der Waals surface area contributed by atoms with E-state index < -0.39 is 6.09 Å². The van der Waals surface area contributed by atoms with Gasteiger partial charge in [0, 0.05) is 48.5 Å². The highest BCUT2D eigenvalue weighted by Crippen LogP contribution is 2.39. The summed E-state index contributed by atoms with van der Waals surface area (Å²) in [5, 5.41) is 17.3. The van der Waals surface area contributed by atoms with Gasteiger partial charge in [-0.05, 0) is 67.8 Å². The van der Waals surface area contributed by atoms with Gasteiger partial charge < -0.3 is 25.4 Å². The molecule has 3 aromatic heterocycles. The van der Waals surface area contributed by atoms with Crippen LogP contribution in [0.3, 0.4) is 0 Å². The molecule has 11 heteroatoms. The van der Waals surface area contributed by atoms with Crippen molar-refractivity contribution in [3.63, 3.8) is 0 Å². The summed E-state index contributed by atoms with van der Waals surface area (Å²) in [6.45, 7) is 3.18. The van der Waals surface area contributed by atoms with E-state index in [0.717, 1.165) is 29.5 Å². The Morgan fingerprint density at radius 3 is 2.72 bits per heavy atom. The first kappa shape index (κ1) is 27.8. The van der Waals surface area contributed by atoms with Crippen molar-refractivity contribution in [2.24, 2.45) is 0 Å². The van der Waals surface area contributed by atoms with E-state index in [0.29, 0.717) is 59.5 Å². The molecule has 218 valence electrons. The topological polar surface area (TPSA) is 125 Å². The number of ether oxygens (including phenoxy) is 1. The Labute approximate surface area is 247 Å². The third-order valence-electron chi connectivity index (χ3n) is 7.40. The molecule has 2 aromatic carbocycles. The third-order valence-corrected chi connectivity index (χ3v) is 7.40. The van der Waals surface area contributed by atoms with Crippen molar-refractivity contribution in [1.82, 2.24) is 24.8 Å². The zero-order chi connectivity index (χ0) is 29.8. The number of halogens is 1. The lowest BCUT2D eigenvalue weighted by atomic mass is 10.0. The zero-order valence-corrected chi connectivity index (χ0v) is 23.5. The summed E-state index contributed by atoms with van der Waals surface area (Å²) in [7, 11) is 0. The number of fused-ring (bicyclic) bond motifs is 1. The molecule has 0 spiro atoms. The Balaban J connectivity index is 1.29. The highest BCUT2D eigenvalue weighted by Gasteiger charge is 2.24. The number of carbonyl (C=O) groups is 1. The van der Waals surface area contributed by atoms with Crippen molar-refractivity contribution >= 4 is 28.5 Å². The summed E-state index contributed by atoms with van der Waals surface area (Å²) in [6.07, 6.45) is 5.64. The maximum atomic E-state index is 15.0. The van der Waals surface area contributed by atoms with Gasteiger partial charge in [-0.3, -0.25) is 4.98 Å². The molecule has 5 aromatic rings. The molecule has 0 radical (unpaired) electrons. The molecule has 1 aliphatic rings. The van der Waals surface area contributed by atoms with Gasteiger partial charge in [0.1, 0.15) is 11.6 Å². The highest BCUT2D eigenvalue weighted by atomic mass is 19.1. The second kappa shape index (κ2) is 12.3. The Morgan fingerprint density at radius 2 is 1.88 bits per heavy atom. The molecule has 1 amide bonds. The SMILES string of the molecule is Cc1ccc2c(NCc3ccccn3)c(F)ccc2c1Oc1ncccc1-c1ccnc(NC2CCCN(C(=O)O)C2)n1. The number of nitrogens with one attached hydrogen (secondary N) is 2. The van der Waals surface area contributed by atoms with E-state index in [1.165, 1.54) is 11.0 Å². The molecule has 1 fully saturated rings. The van der Waals surface area contributed by atoms with Crippen molar-refractivity contribution in [2.75, 3.05) is 23.7 Å². The second-order valence-corrected chi connectivity index (χ2v) is 10.3. The number of aryl methyl sites for hydroxylation is 1. The van der Waals surface area contributed by atoms with Crippen molar-refractivity contribution in [1.29, 1.82) is 0 Å². The van der Waals surface area contributed by atoms with E-state index in [2.05, 4.69) is 25.6 Å². The molecular formula is C32H30FN7O3. The first-order valence-corrected chi connectivity index (χ1v) is 14.0. The van der Waals surface area contributed by atoms with Crippen LogP contribution >= 0.6 is 0 Å². The third kappa shape index (κ3) is 6.15. The molecule has 43 heavy (non-hydrogen) atoms. The first-order valence-electron chi connectivity index (χ1n) is 14.0. The van der Waals surface area contributed by atoms with Gasteiger partial charge in [0.15, 0.2) is 0 Å². The molecule has 10 nitrogen and oxygen atoms in total. The number of hydrogen-bond donors (Lipinski definition) is 3. The largest absolute Gasteiger partial charge is 0.465 e. The average molecular weight is 580 g/mol. The Morgan fingerprint density at radius 1 is 1.02 bits per heavy atom. The fourth-order valence-electron chi connectivity index (χ4n) is 5.25. The molecule has 3 N–H and O–H groups in total. The maximum Gasteiger partial charge on any atom is 0.407 e. The van der Waals surface area contributed by atoms with E-state index in [4.69, 9.17) is 9.72 Å². The van der Waals surface area contributed by atoms with Crippen molar-refractivity contribution in [3.8, 4) is 22.9 Å². The summed E-state index contributed by atoms with van der Waals surface area (Å²) in [5.74, 6) is 0.915. The van der Waals surface area contributed by atoms with Crippen LogP contribution in [0, 0.1) is 12.7 Å². The summed E-state index contributed by atoms with van der Waals surface area (Å²) < 4.78 is 21.5. The van der Waals surface area contributed by atoms with Gasteiger partial charge in [0.2, 0.25) is 11.8 Å². The number of rotatable bonds is 8. The van der Waals surface area contributed by atoms with Crippen LogP contribution in [-0.2, 0) is 6.54 Å². The van der Waals surface area contributed by atoms with Crippen LogP contribution < -0.4 is 15.4 Å². The summed E-state index contributed by atoms with van der Waals surface area (Å²) in [6, 6.07) is 17.8. The molecule has 6 rings (SSSR count). The predicted molar refractivity (Wildman–Crippen MR) is 162 cm³/mol. The molecule has 1 aliphatic heterocycles. The molecule has 1 atom stereocenters. The first-order chi connectivity index (χ1) is 21.0. The van der Waals surface area contributed by atoms with Crippen molar-refractivity contribution in [2.45, 2.75) is 32.4 Å². The van der Waals surface area contributed by atoms with Gasteiger partial charge in [0.25, 0.3) is 0 Å². The minimum absolute atomic E-state index is 0.0936. The minimum Gasteiger partial charge on any atom is -0.465 e. The van der Waals surface area contributed by atoms with Gasteiger partial charge in [-0.2, -0.15) is 0 Å². The second-order valence-electron chi connectivity index (χ2n) is 10.3. The number of nitrogens with zero attached hydrogens (tertiary/aromatic N) is 5. The lowest BCUT2D eigenvalue weighted by Gasteiger charge is -2.31. The van der Waals surface area contributed by atoms with Gasteiger partial charge in [-0.25, -0.2) is 24.1 Å².